The number of likely N-dealkylation sites (tertiary alicyclic amines) is 1. The highest BCUT2D eigenvalue weighted by Crippen LogP contribution is 2.24. The van der Waals surface area contributed by atoms with Crippen LogP contribution in [0.1, 0.15) is 34.9 Å². The second-order valence-corrected chi connectivity index (χ2v) is 6.65. The number of hydrogen-bond acceptors (Lipinski definition) is 5. The van der Waals surface area contributed by atoms with Gasteiger partial charge >= 0.3 is 0 Å². The maximum Gasteiger partial charge on any atom is 0.273 e. The van der Waals surface area contributed by atoms with Gasteiger partial charge in [0.05, 0.1) is 12.2 Å². The first-order valence-corrected chi connectivity index (χ1v) is 8.85. The van der Waals surface area contributed by atoms with Crippen LogP contribution in [0.25, 0.3) is 0 Å². The summed E-state index contributed by atoms with van der Waals surface area (Å²) in [6, 6.07) is 9.75. The van der Waals surface area contributed by atoms with Crippen molar-refractivity contribution in [3.63, 3.8) is 0 Å². The summed E-state index contributed by atoms with van der Waals surface area (Å²) in [7, 11) is 0. The van der Waals surface area contributed by atoms with E-state index in [1.165, 1.54) is 0 Å². The molecule has 0 saturated carbocycles. The molecule has 26 heavy (non-hydrogen) atoms. The minimum absolute atomic E-state index is 0.0553. The minimum Gasteiger partial charge on any atom is -0.368 e. The highest BCUT2D eigenvalue weighted by molar-refractivity contribution is 5.91. The maximum atomic E-state index is 12.2. The molecule has 2 aliphatic heterocycles. The second kappa shape index (κ2) is 7.25. The molecule has 2 amide bonds. The molecule has 1 unspecified atom stereocenters. The molecule has 1 N–H and O–H groups in total. The molecular weight excluding hydrogens is 334 g/mol. The molecule has 2 fully saturated rings. The lowest BCUT2D eigenvalue weighted by Crippen LogP contribution is -2.54. The van der Waals surface area contributed by atoms with Gasteiger partial charge in [-0.15, -0.1) is 5.10 Å². The van der Waals surface area contributed by atoms with E-state index in [1.54, 1.807) is 15.8 Å². The first-order valence-electron chi connectivity index (χ1n) is 8.85. The molecule has 1 aromatic heterocycles. The van der Waals surface area contributed by atoms with Gasteiger partial charge in [0.15, 0.2) is 5.69 Å². The van der Waals surface area contributed by atoms with Gasteiger partial charge in [0.1, 0.15) is 6.10 Å². The normalized spacial score (nSPS) is 20.0. The van der Waals surface area contributed by atoms with Crippen molar-refractivity contribution < 1.29 is 14.3 Å². The van der Waals surface area contributed by atoms with Gasteiger partial charge in [-0.05, 0) is 18.4 Å². The van der Waals surface area contributed by atoms with Gasteiger partial charge < -0.3 is 15.0 Å². The summed E-state index contributed by atoms with van der Waals surface area (Å²) in [5, 5.41) is 10.8. The van der Waals surface area contributed by atoms with E-state index in [2.05, 4.69) is 15.6 Å². The van der Waals surface area contributed by atoms with Crippen LogP contribution in [0.15, 0.2) is 36.5 Å². The predicted molar refractivity (Wildman–Crippen MR) is 92.2 cm³/mol. The number of hydrogen-bond donors (Lipinski definition) is 1. The predicted octanol–water partition coefficient (Wildman–Crippen LogP) is 0.770. The standard InChI is InChI=1S/C18H21N5O3/c24-17(19-9-13-5-2-1-3-6-13)15-12-23(21-20-15)14-10-22(11-14)18(25)16-7-4-8-26-16/h1-3,5-6,12,14,16H,4,7-11H2,(H,19,24). The van der Waals surface area contributed by atoms with Crippen molar-refractivity contribution in [2.75, 3.05) is 19.7 Å². The van der Waals surface area contributed by atoms with Crippen LogP contribution in [0.2, 0.25) is 0 Å². The van der Waals surface area contributed by atoms with Crippen LogP contribution < -0.4 is 5.32 Å². The van der Waals surface area contributed by atoms with Crippen molar-refractivity contribution in [2.24, 2.45) is 0 Å². The number of benzene rings is 1. The summed E-state index contributed by atoms with van der Waals surface area (Å²) in [4.78, 5) is 26.2. The SMILES string of the molecule is O=C(NCc1ccccc1)c1cn(C2CN(C(=O)C3CCCO3)C2)nn1. The number of carbonyl (C=O) groups is 2. The van der Waals surface area contributed by atoms with Gasteiger partial charge in [0, 0.05) is 26.2 Å². The Hall–Kier alpha value is -2.74. The molecule has 2 aromatic rings. The quantitative estimate of drug-likeness (QED) is 0.856. The smallest absolute Gasteiger partial charge is 0.273 e. The first-order chi connectivity index (χ1) is 12.7. The van der Waals surface area contributed by atoms with Crippen molar-refractivity contribution in [2.45, 2.75) is 31.5 Å². The maximum absolute atomic E-state index is 12.2. The van der Waals surface area contributed by atoms with Crippen molar-refractivity contribution in [3.05, 3.63) is 47.8 Å². The van der Waals surface area contributed by atoms with Crippen LogP contribution in [0, 0.1) is 0 Å². The third kappa shape index (κ3) is 3.45. The van der Waals surface area contributed by atoms with Crippen molar-refractivity contribution in [1.82, 2.24) is 25.2 Å². The van der Waals surface area contributed by atoms with Crippen molar-refractivity contribution in [1.29, 1.82) is 0 Å². The van der Waals surface area contributed by atoms with Gasteiger partial charge in [-0.2, -0.15) is 0 Å². The molecule has 0 bridgehead atoms. The van der Waals surface area contributed by atoms with E-state index in [-0.39, 0.29) is 29.7 Å². The monoisotopic (exact) mass is 355 g/mol. The highest BCUT2D eigenvalue weighted by atomic mass is 16.5. The number of aromatic nitrogens is 3. The van der Waals surface area contributed by atoms with Crippen molar-refractivity contribution >= 4 is 11.8 Å². The Morgan fingerprint density at radius 3 is 2.77 bits per heavy atom. The zero-order chi connectivity index (χ0) is 17.9. The van der Waals surface area contributed by atoms with Crippen LogP contribution in [-0.4, -0.2) is 57.5 Å². The molecule has 2 aliphatic rings. The summed E-state index contributed by atoms with van der Waals surface area (Å²) >= 11 is 0. The van der Waals surface area contributed by atoms with Crippen molar-refractivity contribution in [3.8, 4) is 0 Å². The lowest BCUT2D eigenvalue weighted by atomic mass is 10.1. The summed E-state index contributed by atoms with van der Waals surface area (Å²) in [5.74, 6) is -0.202. The van der Waals surface area contributed by atoms with Crippen LogP contribution in [0.3, 0.4) is 0 Å². The number of amides is 2. The van der Waals surface area contributed by atoms with E-state index in [4.69, 9.17) is 4.74 Å². The molecule has 0 radical (unpaired) electrons. The van der Waals surface area contributed by atoms with E-state index in [9.17, 15) is 9.59 Å². The Kier molecular flexibility index (Phi) is 4.66. The summed E-state index contributed by atoms with van der Waals surface area (Å²) < 4.78 is 7.10. The molecule has 1 atom stereocenters. The van der Waals surface area contributed by atoms with Gasteiger partial charge in [-0.3, -0.25) is 9.59 Å². The number of ether oxygens (including phenoxy) is 1. The number of rotatable bonds is 5. The topological polar surface area (TPSA) is 89.4 Å². The molecule has 0 aliphatic carbocycles. The summed E-state index contributed by atoms with van der Waals surface area (Å²) in [5.41, 5.74) is 1.31. The summed E-state index contributed by atoms with van der Waals surface area (Å²) in [6.45, 7) is 2.26. The number of carbonyl (C=O) groups excluding carboxylic acids is 2. The van der Waals surface area contributed by atoms with E-state index in [0.29, 0.717) is 26.2 Å². The Bertz CT molecular complexity index is 779. The summed E-state index contributed by atoms with van der Waals surface area (Å²) in [6.07, 6.45) is 3.10. The molecular formula is C18H21N5O3. The molecule has 2 saturated heterocycles. The lowest BCUT2D eigenvalue weighted by molar-refractivity contribution is -0.147. The molecule has 136 valence electrons. The average Bonchev–Trinajstić information content (AvgIpc) is 3.31. The Morgan fingerprint density at radius 1 is 1.23 bits per heavy atom. The fraction of sp³-hybridized carbons (Fsp3) is 0.444. The average molecular weight is 355 g/mol. The minimum atomic E-state index is -0.286. The Balaban J connectivity index is 1.28. The van der Waals surface area contributed by atoms with E-state index < -0.39 is 0 Å². The van der Waals surface area contributed by atoms with E-state index in [1.807, 2.05) is 30.3 Å². The Labute approximate surface area is 151 Å². The van der Waals surface area contributed by atoms with Gasteiger partial charge in [-0.1, -0.05) is 35.5 Å². The van der Waals surface area contributed by atoms with Gasteiger partial charge in [0.25, 0.3) is 11.8 Å². The highest BCUT2D eigenvalue weighted by Gasteiger charge is 2.37. The van der Waals surface area contributed by atoms with Crippen LogP contribution >= 0.6 is 0 Å². The largest absolute Gasteiger partial charge is 0.368 e. The molecule has 3 heterocycles. The molecule has 1 aromatic carbocycles. The lowest BCUT2D eigenvalue weighted by Gasteiger charge is -2.39. The van der Waals surface area contributed by atoms with E-state index >= 15 is 0 Å². The third-order valence-electron chi connectivity index (χ3n) is 4.79. The Morgan fingerprint density at radius 2 is 2.04 bits per heavy atom. The zero-order valence-corrected chi connectivity index (χ0v) is 14.4. The van der Waals surface area contributed by atoms with Gasteiger partial charge in [0.2, 0.25) is 0 Å². The first kappa shape index (κ1) is 16.7. The zero-order valence-electron chi connectivity index (χ0n) is 14.4. The number of nitrogens with one attached hydrogen (secondary N) is 1. The second-order valence-electron chi connectivity index (χ2n) is 6.65. The number of nitrogens with zero attached hydrogens (tertiary/aromatic N) is 4. The molecule has 4 rings (SSSR count). The van der Waals surface area contributed by atoms with Crippen LogP contribution in [0.4, 0.5) is 0 Å². The van der Waals surface area contributed by atoms with E-state index in [0.717, 1.165) is 18.4 Å². The fourth-order valence-electron chi connectivity index (χ4n) is 3.21. The van der Waals surface area contributed by atoms with Crippen LogP contribution in [0.5, 0.6) is 0 Å². The van der Waals surface area contributed by atoms with Crippen LogP contribution in [-0.2, 0) is 16.1 Å². The fourth-order valence-corrected chi connectivity index (χ4v) is 3.21. The molecule has 8 nitrogen and oxygen atoms in total. The molecule has 8 heteroatoms. The molecule has 0 spiro atoms. The van der Waals surface area contributed by atoms with Gasteiger partial charge in [-0.25, -0.2) is 4.68 Å². The third-order valence-corrected chi connectivity index (χ3v) is 4.79.